The molecule has 7 heteroatoms. The van der Waals surface area contributed by atoms with E-state index in [0.29, 0.717) is 36.7 Å². The fourth-order valence-electron chi connectivity index (χ4n) is 6.09. The molecule has 0 aliphatic carbocycles. The fourth-order valence-corrected chi connectivity index (χ4v) is 6.09. The van der Waals surface area contributed by atoms with E-state index >= 15 is 0 Å². The van der Waals surface area contributed by atoms with Crippen LogP contribution in [0.15, 0.2) is 48.7 Å². The van der Waals surface area contributed by atoms with Gasteiger partial charge in [-0.2, -0.15) is 5.26 Å². The van der Waals surface area contributed by atoms with Crippen LogP contribution in [0.4, 0.5) is 10.5 Å². The monoisotopic (exact) mass is 495 g/mol. The van der Waals surface area contributed by atoms with E-state index in [4.69, 9.17) is 4.74 Å². The summed E-state index contributed by atoms with van der Waals surface area (Å²) in [7, 11) is 0. The number of hydrogen-bond acceptors (Lipinski definition) is 6. The van der Waals surface area contributed by atoms with Gasteiger partial charge in [0.15, 0.2) is 0 Å². The normalized spacial score (nSPS) is 21.8. The van der Waals surface area contributed by atoms with Gasteiger partial charge < -0.3 is 14.5 Å². The average molecular weight is 496 g/mol. The number of piperazine rings is 1. The number of fused-ring (bicyclic) bond motifs is 4. The summed E-state index contributed by atoms with van der Waals surface area (Å²) in [6.45, 7) is 12.2. The molecule has 6 rings (SSSR count). The Labute approximate surface area is 218 Å². The summed E-state index contributed by atoms with van der Waals surface area (Å²) in [5, 5.41) is 10.6. The van der Waals surface area contributed by atoms with Crippen LogP contribution in [0.2, 0.25) is 0 Å². The van der Waals surface area contributed by atoms with Gasteiger partial charge in [-0.15, -0.1) is 0 Å². The molecule has 7 nitrogen and oxygen atoms in total. The first kappa shape index (κ1) is 23.7. The minimum Gasteiger partial charge on any atom is -0.444 e. The van der Waals surface area contributed by atoms with Crippen LogP contribution in [0, 0.1) is 11.3 Å². The van der Waals surface area contributed by atoms with E-state index in [-0.39, 0.29) is 6.09 Å². The smallest absolute Gasteiger partial charge is 0.410 e. The largest absolute Gasteiger partial charge is 0.444 e. The Morgan fingerprint density at radius 2 is 1.92 bits per heavy atom. The van der Waals surface area contributed by atoms with Crippen molar-refractivity contribution in [2.45, 2.75) is 57.8 Å². The molecular formula is C30H33N5O2. The van der Waals surface area contributed by atoms with Crippen LogP contribution in [0.5, 0.6) is 0 Å². The third-order valence-corrected chi connectivity index (χ3v) is 7.94. The zero-order valence-corrected chi connectivity index (χ0v) is 21.9. The number of nitriles is 1. The standard InChI is InChI=1S/C30H33N5O2/c1-19-14-33(26-10-8-21(13-31)28-25(26)6-5-11-32-28)18-27-24-9-7-20(12-22(24)17-35(19)27)23-15-34(16-23)29(36)37-30(2,3)4/h5-12,19,23,27H,14-18H2,1-4H3/t19-,27-/m1/s1. The quantitative estimate of drug-likeness (QED) is 0.486. The summed E-state index contributed by atoms with van der Waals surface area (Å²) in [6, 6.07) is 17.9. The van der Waals surface area contributed by atoms with Crippen molar-refractivity contribution in [2.75, 3.05) is 31.1 Å². The first-order chi connectivity index (χ1) is 17.7. The number of amides is 1. The van der Waals surface area contributed by atoms with E-state index < -0.39 is 5.60 Å². The van der Waals surface area contributed by atoms with E-state index in [9.17, 15) is 10.1 Å². The van der Waals surface area contributed by atoms with Gasteiger partial charge in [-0.1, -0.05) is 18.2 Å². The molecule has 37 heavy (non-hydrogen) atoms. The first-order valence-corrected chi connectivity index (χ1v) is 13.1. The van der Waals surface area contributed by atoms with E-state index in [0.717, 1.165) is 36.2 Å². The highest BCUT2D eigenvalue weighted by atomic mass is 16.6. The minimum atomic E-state index is -0.467. The second-order valence-corrected chi connectivity index (χ2v) is 11.6. The van der Waals surface area contributed by atoms with E-state index in [1.807, 2.05) is 32.9 Å². The van der Waals surface area contributed by atoms with Crippen LogP contribution < -0.4 is 4.90 Å². The number of hydrogen-bond donors (Lipinski definition) is 0. The Bertz CT molecular complexity index is 1420. The summed E-state index contributed by atoms with van der Waals surface area (Å²) in [6.07, 6.45) is 1.54. The number of ether oxygens (including phenoxy) is 1. The Hall–Kier alpha value is -3.63. The Morgan fingerprint density at radius 1 is 1.11 bits per heavy atom. The van der Waals surface area contributed by atoms with Gasteiger partial charge in [-0.05, 0) is 68.7 Å². The van der Waals surface area contributed by atoms with Crippen LogP contribution in [0.1, 0.15) is 61.9 Å². The molecule has 190 valence electrons. The fraction of sp³-hybridized carbons (Fsp3) is 0.433. The predicted molar refractivity (Wildman–Crippen MR) is 143 cm³/mol. The SMILES string of the molecule is C[C@@H]1CN(c2ccc(C#N)c3ncccc23)C[C@@H]2c3ccc(C4CN(C(=O)OC(C)(C)C)C4)cc3CN12. The molecule has 2 atom stereocenters. The molecule has 0 N–H and O–H groups in total. The summed E-state index contributed by atoms with van der Waals surface area (Å²) in [4.78, 5) is 23.7. The van der Waals surface area contributed by atoms with Crippen molar-refractivity contribution >= 4 is 22.7 Å². The maximum Gasteiger partial charge on any atom is 0.410 e. The zero-order valence-electron chi connectivity index (χ0n) is 21.9. The number of anilines is 1. The van der Waals surface area contributed by atoms with Crippen LogP contribution >= 0.6 is 0 Å². The number of aromatic nitrogens is 1. The van der Waals surface area contributed by atoms with Gasteiger partial charge in [0.1, 0.15) is 11.7 Å². The van der Waals surface area contributed by atoms with Crippen molar-refractivity contribution in [1.29, 1.82) is 5.26 Å². The lowest BCUT2D eigenvalue weighted by Crippen LogP contribution is -2.51. The number of benzene rings is 2. The second-order valence-electron chi connectivity index (χ2n) is 11.6. The lowest BCUT2D eigenvalue weighted by molar-refractivity contribution is 0.00819. The average Bonchev–Trinajstić information content (AvgIpc) is 3.20. The lowest BCUT2D eigenvalue weighted by atomic mass is 9.89. The molecule has 2 fully saturated rings. The first-order valence-electron chi connectivity index (χ1n) is 13.1. The van der Waals surface area contributed by atoms with Crippen molar-refractivity contribution in [3.8, 4) is 6.07 Å². The molecule has 1 aromatic heterocycles. The highest BCUT2D eigenvalue weighted by Gasteiger charge is 2.40. The number of nitrogens with zero attached hydrogens (tertiary/aromatic N) is 5. The summed E-state index contributed by atoms with van der Waals surface area (Å²) in [5.74, 6) is 0.363. The summed E-state index contributed by atoms with van der Waals surface area (Å²) < 4.78 is 5.52. The molecular weight excluding hydrogens is 462 g/mol. The van der Waals surface area contributed by atoms with Gasteiger partial charge >= 0.3 is 6.09 Å². The molecule has 0 saturated carbocycles. The molecule has 2 saturated heterocycles. The molecule has 1 amide bonds. The molecule has 4 heterocycles. The highest BCUT2D eigenvalue weighted by molar-refractivity contribution is 5.95. The third-order valence-electron chi connectivity index (χ3n) is 7.94. The van der Waals surface area contributed by atoms with Crippen molar-refractivity contribution in [3.05, 3.63) is 70.9 Å². The number of carbonyl (C=O) groups is 1. The van der Waals surface area contributed by atoms with E-state index in [1.54, 1.807) is 11.1 Å². The molecule has 3 aliphatic rings. The Kier molecular flexibility index (Phi) is 5.61. The van der Waals surface area contributed by atoms with E-state index in [2.05, 4.69) is 58.1 Å². The summed E-state index contributed by atoms with van der Waals surface area (Å²) >= 11 is 0. The van der Waals surface area contributed by atoms with Crippen molar-refractivity contribution in [2.24, 2.45) is 0 Å². The molecule has 3 aliphatic heterocycles. The van der Waals surface area contributed by atoms with Crippen LogP contribution in [0.25, 0.3) is 10.9 Å². The second kappa shape index (κ2) is 8.74. The molecule has 0 spiro atoms. The van der Waals surface area contributed by atoms with E-state index in [1.165, 1.54) is 16.7 Å². The van der Waals surface area contributed by atoms with Gasteiger partial charge in [-0.3, -0.25) is 9.88 Å². The van der Waals surface area contributed by atoms with Crippen LogP contribution in [-0.2, 0) is 11.3 Å². The summed E-state index contributed by atoms with van der Waals surface area (Å²) in [5.41, 5.74) is 6.19. The maximum atomic E-state index is 12.3. The lowest BCUT2D eigenvalue weighted by Gasteiger charge is -2.44. The van der Waals surface area contributed by atoms with Gasteiger partial charge in [0, 0.05) is 62.0 Å². The van der Waals surface area contributed by atoms with Gasteiger partial charge in [0.05, 0.1) is 17.1 Å². The van der Waals surface area contributed by atoms with Gasteiger partial charge in [0.2, 0.25) is 0 Å². The van der Waals surface area contributed by atoms with Crippen molar-refractivity contribution < 1.29 is 9.53 Å². The van der Waals surface area contributed by atoms with Gasteiger partial charge in [-0.25, -0.2) is 4.79 Å². The molecule has 3 aromatic rings. The number of likely N-dealkylation sites (tertiary alicyclic amines) is 1. The highest BCUT2D eigenvalue weighted by Crippen LogP contribution is 2.42. The minimum absolute atomic E-state index is 0.221. The molecule has 0 radical (unpaired) electrons. The Morgan fingerprint density at radius 3 is 2.68 bits per heavy atom. The van der Waals surface area contributed by atoms with Crippen LogP contribution in [0.3, 0.4) is 0 Å². The topological polar surface area (TPSA) is 72.7 Å². The van der Waals surface area contributed by atoms with Gasteiger partial charge in [0.25, 0.3) is 0 Å². The predicted octanol–water partition coefficient (Wildman–Crippen LogP) is 5.21. The molecule has 0 bridgehead atoms. The van der Waals surface area contributed by atoms with Crippen molar-refractivity contribution in [1.82, 2.24) is 14.8 Å². The van der Waals surface area contributed by atoms with Crippen molar-refractivity contribution in [3.63, 3.8) is 0 Å². The number of carbonyl (C=O) groups excluding carboxylic acids is 1. The Balaban J connectivity index is 1.21. The maximum absolute atomic E-state index is 12.3. The molecule has 0 unspecified atom stereocenters. The third kappa shape index (κ3) is 4.19. The van der Waals surface area contributed by atoms with Crippen LogP contribution in [-0.4, -0.2) is 58.7 Å². The number of pyridine rings is 1. The molecule has 2 aromatic carbocycles. The zero-order chi connectivity index (χ0) is 25.9. The number of rotatable bonds is 2.